The molecule has 0 aliphatic heterocycles. The number of hydrogen-bond donors (Lipinski definition) is 0. The van der Waals surface area contributed by atoms with E-state index in [9.17, 15) is 43.2 Å². The van der Waals surface area contributed by atoms with E-state index in [0.717, 1.165) is 193 Å². The highest BCUT2D eigenvalue weighted by Gasteiger charge is 2.32. The molecule has 0 aliphatic carbocycles. The summed E-state index contributed by atoms with van der Waals surface area (Å²) < 4.78 is 15.5. The van der Waals surface area contributed by atoms with Gasteiger partial charge in [-0.3, -0.25) is 38.4 Å². The maximum atomic E-state index is 12.2. The van der Waals surface area contributed by atoms with E-state index < -0.39 is 0 Å². The molecule has 0 amide bonds. The first-order valence-corrected chi connectivity index (χ1v) is 65.4. The van der Waals surface area contributed by atoms with E-state index in [0.29, 0.717) is 5.56 Å². The minimum Gasteiger partial charge on any atom is -0.453 e. The quantitative estimate of drug-likeness (QED) is 0.0267. The Labute approximate surface area is 955 Å². The number of carbonyl (C=O) groups excluding carboxylic acids is 9. The molecule has 5 rings (SSSR count). The van der Waals surface area contributed by atoms with Gasteiger partial charge in [0.2, 0.25) is 20.5 Å². The smallest absolute Gasteiger partial charge is 0.338 e. The standard InChI is InChI=1S/C19H32NO2.C18H30NOS.C17H28NOS.C15H24NOS.C13H28NOS.C12H18NOS.C12H26NOS.C10H22NOS.C7H16NOS/c1-5-8-15-20(7-3,14-6-2)16-17(4)22-19(21)18-12-10-9-11-13-18;1-4-7-14-19(6-3,13-5-2)15-16-21-18(20)17-11-9-8-10-12-17;1-4-12-18(6-3,13-5-2)14-15-20-17(19)16-10-8-7-9-11-16;1-4-16(5-2,6-3)12-13-18-15(17)14-10-8-7-9-11-14;1-5-8-10-14(7-3,9-6-2)11-12-16-13(4)15;1-13(2,3)9-10-15-12(14)11-7-5-4-6-8-11;1-5-8-13(7-3,9-6-2)10-11-15-12(4)14;1-5-11(6-2,7-3)8-9-13-10(4)12;1-7(9)10-6-5-8(2,3)4/h9-13,17H,5-8,14-16H2,1-4H3;8-12H,4-7,13-16H2,1-3H3;7-11H,4-6,12-15H2,1-3H3;7-11H,4-6,12-13H2,1-3H3;5-12H2,1-4H3;4-8H,9-10H2,1-3H3;5-11H2,1-4H3;5-9H2,1-4H3;5-6H2,1-4H3/q9*+1. The first kappa shape index (κ1) is 152. The molecule has 0 fully saturated rings. The Morgan fingerprint density at radius 3 is 0.580 bits per heavy atom. The van der Waals surface area contributed by atoms with Gasteiger partial charge in [0, 0.05) is 49.9 Å². The summed E-state index contributed by atoms with van der Waals surface area (Å²) in [6.45, 7) is 90.6. The van der Waals surface area contributed by atoms with Crippen LogP contribution in [0.4, 0.5) is 0 Å². The molecule has 4 atom stereocenters. The van der Waals surface area contributed by atoms with Crippen molar-refractivity contribution in [1.82, 2.24) is 0 Å². The number of ether oxygens (including phenoxy) is 1. The zero-order chi connectivity index (χ0) is 114. The molecule has 0 N–H and O–H groups in total. The normalized spacial score (nSPS) is 12.7. The number of esters is 1. The van der Waals surface area contributed by atoms with E-state index in [2.05, 4.69) is 188 Å². The Kier molecular flexibility index (Phi) is 93.2. The van der Waals surface area contributed by atoms with E-state index in [1.165, 1.54) is 289 Å². The minimum atomic E-state index is -0.214. The largest absolute Gasteiger partial charge is 0.453 e. The van der Waals surface area contributed by atoms with Crippen LogP contribution in [0.5, 0.6) is 0 Å². The van der Waals surface area contributed by atoms with Gasteiger partial charge >= 0.3 is 5.97 Å². The number of hydrogen-bond acceptors (Lipinski definition) is 18. The van der Waals surface area contributed by atoms with Gasteiger partial charge in [-0.15, -0.1) is 0 Å². The molecule has 0 saturated carbocycles. The van der Waals surface area contributed by atoms with Gasteiger partial charge < -0.3 is 45.1 Å². The van der Waals surface area contributed by atoms with Crippen LogP contribution in [0.15, 0.2) is 152 Å². The van der Waals surface area contributed by atoms with Crippen molar-refractivity contribution in [2.24, 2.45) is 0 Å². The van der Waals surface area contributed by atoms with Crippen molar-refractivity contribution in [3.05, 3.63) is 179 Å². The summed E-state index contributed by atoms with van der Waals surface area (Å²) >= 11 is 11.6. The number of quaternary nitrogens is 9. The highest BCUT2D eigenvalue weighted by Crippen LogP contribution is 2.25. The SMILES string of the molecule is CC(=O)SCC[N+](C)(C)C.CCCC[N+](CC)(CCC)CC(C)OC(=O)c1ccccc1.CCCC[N+](CC)(CCC)CCSC(=O)c1ccccc1.CCCC[N+](CC)(CCC)CCSC(C)=O.CCC[N+](CC)(CCC)CCSC(=O)c1ccccc1.CCC[N+](CC)(CCC)CCSC(C)=O.CC[N+](CC)(CC)CCSC(=O)c1ccccc1.CC[N+](CC)(CC)CCSC(C)=O.C[N+](C)(C)CCSC(=O)c1ccccc1. The number of likely N-dealkylation sites (N-methyl/N-ethyl adjacent to an activating group) is 1. The van der Waals surface area contributed by atoms with Gasteiger partial charge in [0.25, 0.3) is 0 Å². The second kappa shape index (κ2) is 92.2. The first-order valence-electron chi connectivity index (χ1n) is 57.5. The van der Waals surface area contributed by atoms with Gasteiger partial charge in [0.15, 0.2) is 20.5 Å². The van der Waals surface area contributed by atoms with Crippen LogP contribution in [0.2, 0.25) is 0 Å². The molecular weight excluding hydrogens is 2020 g/mol. The summed E-state index contributed by atoms with van der Waals surface area (Å²) in [4.78, 5) is 103. The third kappa shape index (κ3) is 75.4. The molecular formula is C123H224N9O10S8+9. The number of nitrogens with zero attached hydrogens (tertiary/aromatic N) is 9. The second-order valence-corrected chi connectivity index (χ2v) is 51.0. The molecule has 150 heavy (non-hydrogen) atoms. The maximum absolute atomic E-state index is 12.2. The summed E-state index contributed by atoms with van der Waals surface area (Å²) in [5.41, 5.74) is 3.88. The molecule has 27 heteroatoms. The fourth-order valence-corrected chi connectivity index (χ4v) is 25.4. The number of carbonyl (C=O) groups is 9. The van der Waals surface area contributed by atoms with Crippen molar-refractivity contribution in [1.29, 1.82) is 0 Å². The van der Waals surface area contributed by atoms with Crippen LogP contribution in [0, 0.1) is 0 Å². The third-order valence-corrected chi connectivity index (χ3v) is 35.0. The maximum Gasteiger partial charge on any atom is 0.338 e. The zero-order valence-electron chi connectivity index (χ0n) is 101. The molecule has 0 bridgehead atoms. The van der Waals surface area contributed by atoms with Crippen molar-refractivity contribution in [3.8, 4) is 0 Å². The lowest BCUT2D eigenvalue weighted by Crippen LogP contribution is -2.53. The Morgan fingerprint density at radius 1 is 0.213 bits per heavy atom. The number of thioether (sulfide) groups is 8. The summed E-state index contributed by atoms with van der Waals surface area (Å²) in [5, 5.41) is 1.72. The van der Waals surface area contributed by atoms with Crippen molar-refractivity contribution in [2.75, 3.05) is 285 Å². The van der Waals surface area contributed by atoms with Crippen LogP contribution in [0.25, 0.3) is 0 Å². The van der Waals surface area contributed by atoms with Crippen LogP contribution >= 0.6 is 94.1 Å². The highest BCUT2D eigenvalue weighted by atomic mass is 32.2. The van der Waals surface area contributed by atoms with E-state index in [4.69, 9.17) is 4.74 Å². The molecule has 860 valence electrons. The molecule has 0 heterocycles. The summed E-state index contributed by atoms with van der Waals surface area (Å²) in [5.74, 6) is 7.25. The summed E-state index contributed by atoms with van der Waals surface area (Å²) in [7, 11) is 12.8. The van der Waals surface area contributed by atoms with Crippen LogP contribution < -0.4 is 0 Å². The fourth-order valence-electron chi connectivity index (χ4n) is 18.1. The molecule has 0 radical (unpaired) electrons. The van der Waals surface area contributed by atoms with E-state index in [1.54, 1.807) is 39.8 Å². The monoisotopic (exact) mass is 2240 g/mol. The molecule has 4 unspecified atom stereocenters. The van der Waals surface area contributed by atoms with Gasteiger partial charge in [-0.2, -0.15) is 0 Å². The van der Waals surface area contributed by atoms with Crippen LogP contribution in [-0.4, -0.2) is 378 Å². The first-order chi connectivity index (χ1) is 71.3. The van der Waals surface area contributed by atoms with E-state index in [-0.39, 0.29) is 53.0 Å². The van der Waals surface area contributed by atoms with Crippen molar-refractivity contribution in [2.45, 2.75) is 270 Å². The lowest BCUT2D eigenvalue weighted by molar-refractivity contribution is -0.929. The van der Waals surface area contributed by atoms with Crippen LogP contribution in [0.1, 0.15) is 315 Å². The highest BCUT2D eigenvalue weighted by molar-refractivity contribution is 8.15. The number of unbranched alkanes of at least 4 members (excludes halogenated alkanes) is 3. The van der Waals surface area contributed by atoms with Gasteiger partial charge in [0.1, 0.15) is 12.6 Å². The van der Waals surface area contributed by atoms with Gasteiger partial charge in [-0.25, -0.2) is 4.79 Å². The van der Waals surface area contributed by atoms with Crippen molar-refractivity contribution in [3.63, 3.8) is 0 Å². The Bertz CT molecular complexity index is 4160. The Hall–Kier alpha value is -4.63. The molecule has 0 aromatic heterocycles. The average Bonchev–Trinajstić information content (AvgIpc) is 0.862. The number of benzene rings is 5. The average molecular weight is 2250 g/mol. The predicted molar refractivity (Wildman–Crippen MR) is 670 cm³/mol. The minimum absolute atomic E-state index is 0.0592. The topological polar surface area (TPSA) is 163 Å². The fraction of sp³-hybridized carbons (Fsp3) is 0.683. The molecule has 0 spiro atoms. The van der Waals surface area contributed by atoms with E-state index >= 15 is 0 Å². The molecule has 19 nitrogen and oxygen atoms in total. The second-order valence-electron chi connectivity index (χ2n) is 41.7. The van der Waals surface area contributed by atoms with Crippen molar-refractivity contribution < 1.29 is 88.2 Å². The summed E-state index contributed by atoms with van der Waals surface area (Å²) in [6, 6.07) is 47.4. The van der Waals surface area contributed by atoms with Crippen LogP contribution in [0.3, 0.4) is 0 Å². The predicted octanol–water partition coefficient (Wildman–Crippen LogP) is 28.2. The molecule has 0 saturated heterocycles. The lowest BCUT2D eigenvalue weighted by atomic mass is 10.2. The van der Waals surface area contributed by atoms with Crippen molar-refractivity contribution >= 4 is 141 Å². The molecule has 5 aromatic rings. The number of rotatable bonds is 66. The Morgan fingerprint density at radius 2 is 0.387 bits per heavy atom. The van der Waals surface area contributed by atoms with Gasteiger partial charge in [-0.1, -0.05) is 322 Å². The molecule has 0 aliphatic rings. The molecule has 5 aromatic carbocycles. The lowest BCUT2D eigenvalue weighted by Gasteiger charge is -2.39. The summed E-state index contributed by atoms with van der Waals surface area (Å²) in [6.07, 6.45) is 16.0. The zero-order valence-corrected chi connectivity index (χ0v) is 108. The van der Waals surface area contributed by atoms with E-state index in [1.807, 2.05) is 146 Å². The third-order valence-electron chi connectivity index (χ3n) is 28.3. The van der Waals surface area contributed by atoms with Crippen LogP contribution in [-0.2, 0) is 23.9 Å². The van der Waals surface area contributed by atoms with Gasteiger partial charge in [-0.05, 0) is 159 Å². The van der Waals surface area contributed by atoms with Gasteiger partial charge in [0.05, 0.1) is 284 Å². The Balaban J connectivity index is -0.000000806.